The van der Waals surface area contributed by atoms with Gasteiger partial charge in [-0.3, -0.25) is 4.98 Å². The topological polar surface area (TPSA) is 64.7 Å². The van der Waals surface area contributed by atoms with Crippen LogP contribution in [0.25, 0.3) is 10.1 Å². The van der Waals surface area contributed by atoms with Crippen molar-refractivity contribution >= 4 is 50.6 Å². The summed E-state index contributed by atoms with van der Waals surface area (Å²) in [5, 5.41) is 4.68. The van der Waals surface area contributed by atoms with Crippen molar-refractivity contribution in [2.45, 2.75) is 30.3 Å². The zero-order valence-corrected chi connectivity index (χ0v) is 14.7. The number of halogens is 1. The summed E-state index contributed by atoms with van der Waals surface area (Å²) in [7, 11) is 0. The van der Waals surface area contributed by atoms with Gasteiger partial charge < -0.3 is 5.73 Å². The highest BCUT2D eigenvalue weighted by Gasteiger charge is 2.26. The van der Waals surface area contributed by atoms with Crippen LogP contribution in [0.1, 0.15) is 30.0 Å². The molecule has 4 nitrogen and oxygen atoms in total. The largest absolute Gasteiger partial charge is 0.384 e. The van der Waals surface area contributed by atoms with E-state index in [1.807, 2.05) is 6.20 Å². The minimum Gasteiger partial charge on any atom is -0.384 e. The maximum atomic E-state index is 5.90. The molecule has 2 N–H and O–H groups in total. The zero-order chi connectivity index (χ0) is 15.8. The number of rotatable bonds is 5. The van der Waals surface area contributed by atoms with Gasteiger partial charge in [0.25, 0.3) is 0 Å². The molecular weight excluding hydrogens is 348 g/mol. The number of hydrogen-bond acceptors (Lipinski definition) is 6. The van der Waals surface area contributed by atoms with Gasteiger partial charge in [-0.2, -0.15) is 0 Å². The summed E-state index contributed by atoms with van der Waals surface area (Å²) in [6.07, 6.45) is 5.52. The van der Waals surface area contributed by atoms with Crippen molar-refractivity contribution in [1.29, 1.82) is 0 Å². The molecule has 4 rings (SSSR count). The van der Waals surface area contributed by atoms with Crippen LogP contribution in [0.15, 0.2) is 28.9 Å². The lowest BCUT2D eigenvalue weighted by Gasteiger charge is -2.03. The smallest absolute Gasteiger partial charge is 0.190 e. The van der Waals surface area contributed by atoms with Gasteiger partial charge in [0.2, 0.25) is 0 Å². The lowest BCUT2D eigenvalue weighted by Crippen LogP contribution is -1.97. The average molecular weight is 363 g/mol. The standard InChI is InChI=1S/C16H15ClN4S2/c17-14-6-15(18)21-16(20-14)22-4-3-10-5-11-12(9-1-2-9)8-23-13(11)7-19-10/h5-9H,1-4H2,(H2,18,20,21). The normalized spacial score (nSPS) is 14.5. The fourth-order valence-corrected chi connectivity index (χ4v) is 4.63. The Balaban J connectivity index is 1.46. The van der Waals surface area contributed by atoms with Crippen LogP contribution in [0.3, 0.4) is 0 Å². The maximum absolute atomic E-state index is 5.90. The van der Waals surface area contributed by atoms with Crippen molar-refractivity contribution in [3.8, 4) is 0 Å². The summed E-state index contributed by atoms with van der Waals surface area (Å²) in [4.78, 5) is 12.9. The van der Waals surface area contributed by atoms with Gasteiger partial charge in [-0.05, 0) is 47.6 Å². The van der Waals surface area contributed by atoms with Gasteiger partial charge in [-0.1, -0.05) is 23.4 Å². The van der Waals surface area contributed by atoms with Crippen molar-refractivity contribution in [2.24, 2.45) is 0 Å². The van der Waals surface area contributed by atoms with E-state index >= 15 is 0 Å². The summed E-state index contributed by atoms with van der Waals surface area (Å²) in [6.45, 7) is 0. The predicted molar refractivity (Wildman–Crippen MR) is 97.5 cm³/mol. The van der Waals surface area contributed by atoms with Gasteiger partial charge in [-0.25, -0.2) is 9.97 Å². The summed E-state index contributed by atoms with van der Waals surface area (Å²) < 4.78 is 1.29. The van der Waals surface area contributed by atoms with E-state index in [0.29, 0.717) is 16.1 Å². The number of thioether (sulfide) groups is 1. The molecular formula is C16H15ClN4S2. The molecule has 1 aliphatic rings. The highest BCUT2D eigenvalue weighted by atomic mass is 35.5. The van der Waals surface area contributed by atoms with E-state index in [1.165, 1.54) is 28.5 Å². The maximum Gasteiger partial charge on any atom is 0.190 e. The van der Waals surface area contributed by atoms with E-state index in [-0.39, 0.29) is 0 Å². The van der Waals surface area contributed by atoms with E-state index in [2.05, 4.69) is 26.4 Å². The van der Waals surface area contributed by atoms with Crippen molar-refractivity contribution in [3.05, 3.63) is 40.1 Å². The zero-order valence-electron chi connectivity index (χ0n) is 12.3. The van der Waals surface area contributed by atoms with Crippen molar-refractivity contribution in [2.75, 3.05) is 11.5 Å². The molecule has 1 fully saturated rings. The molecule has 3 heterocycles. The van der Waals surface area contributed by atoms with Gasteiger partial charge >= 0.3 is 0 Å². The Bertz CT molecular complexity index is 840. The Morgan fingerprint density at radius 3 is 2.96 bits per heavy atom. The van der Waals surface area contributed by atoms with Crippen molar-refractivity contribution in [3.63, 3.8) is 0 Å². The number of nitrogen functional groups attached to an aromatic ring is 1. The van der Waals surface area contributed by atoms with Crippen LogP contribution in [0.4, 0.5) is 5.82 Å². The first-order valence-corrected chi connectivity index (χ1v) is 9.72. The Labute approximate surface area is 147 Å². The molecule has 1 saturated carbocycles. The SMILES string of the molecule is Nc1cc(Cl)nc(SCCc2cc3c(C4CC4)csc3cn2)n1. The molecule has 7 heteroatoms. The first-order valence-electron chi connectivity index (χ1n) is 7.48. The van der Waals surface area contributed by atoms with E-state index < -0.39 is 0 Å². The third kappa shape index (κ3) is 3.44. The Morgan fingerprint density at radius 1 is 1.30 bits per heavy atom. The number of aromatic nitrogens is 3. The number of nitrogens with zero attached hydrogens (tertiary/aromatic N) is 3. The quantitative estimate of drug-likeness (QED) is 0.410. The number of hydrogen-bond donors (Lipinski definition) is 1. The van der Waals surface area contributed by atoms with Crippen LogP contribution in [0.2, 0.25) is 5.15 Å². The second-order valence-electron chi connectivity index (χ2n) is 5.63. The van der Waals surface area contributed by atoms with Crippen LogP contribution in [0.5, 0.6) is 0 Å². The fraction of sp³-hybridized carbons (Fsp3) is 0.312. The fourth-order valence-electron chi connectivity index (χ4n) is 2.57. The molecule has 3 aromatic heterocycles. The molecule has 0 amide bonds. The molecule has 0 bridgehead atoms. The average Bonchev–Trinajstić information content (AvgIpc) is 3.26. The number of fused-ring (bicyclic) bond motifs is 1. The summed E-state index contributed by atoms with van der Waals surface area (Å²) in [5.74, 6) is 2.02. The number of pyridine rings is 1. The summed E-state index contributed by atoms with van der Waals surface area (Å²) >= 11 is 9.24. The Kier molecular flexibility index (Phi) is 4.13. The molecule has 0 radical (unpaired) electrons. The molecule has 23 heavy (non-hydrogen) atoms. The monoisotopic (exact) mass is 362 g/mol. The lowest BCUT2D eigenvalue weighted by atomic mass is 10.1. The highest BCUT2D eigenvalue weighted by Crippen LogP contribution is 2.45. The number of thiophene rings is 1. The third-order valence-electron chi connectivity index (χ3n) is 3.85. The molecule has 118 valence electrons. The molecule has 0 saturated heterocycles. The van der Waals surface area contributed by atoms with E-state index in [4.69, 9.17) is 17.3 Å². The molecule has 0 spiro atoms. The summed E-state index contributed by atoms with van der Waals surface area (Å²) in [6, 6.07) is 3.80. The minimum absolute atomic E-state index is 0.381. The van der Waals surface area contributed by atoms with E-state index in [9.17, 15) is 0 Å². The first kappa shape index (κ1) is 15.2. The van der Waals surface area contributed by atoms with Crippen molar-refractivity contribution in [1.82, 2.24) is 15.0 Å². The first-order chi connectivity index (χ1) is 11.2. The van der Waals surface area contributed by atoms with Crippen LogP contribution in [-0.4, -0.2) is 20.7 Å². The molecule has 3 aromatic rings. The van der Waals surface area contributed by atoms with Crippen LogP contribution >= 0.6 is 34.7 Å². The number of anilines is 1. The molecule has 0 aliphatic heterocycles. The minimum atomic E-state index is 0.381. The Morgan fingerprint density at radius 2 is 2.17 bits per heavy atom. The van der Waals surface area contributed by atoms with Gasteiger partial charge in [0.05, 0.1) is 4.70 Å². The van der Waals surface area contributed by atoms with Gasteiger partial charge in [0, 0.05) is 23.7 Å². The molecule has 0 atom stereocenters. The van der Waals surface area contributed by atoms with Gasteiger partial charge in [-0.15, -0.1) is 11.3 Å². The third-order valence-corrected chi connectivity index (χ3v) is 5.84. The van der Waals surface area contributed by atoms with E-state index in [0.717, 1.165) is 23.8 Å². The van der Waals surface area contributed by atoms with Crippen LogP contribution in [0, 0.1) is 0 Å². The van der Waals surface area contributed by atoms with E-state index in [1.54, 1.807) is 29.2 Å². The summed E-state index contributed by atoms with van der Waals surface area (Å²) in [5.41, 5.74) is 8.30. The lowest BCUT2D eigenvalue weighted by molar-refractivity contribution is 0.969. The second kappa shape index (κ2) is 6.26. The van der Waals surface area contributed by atoms with Crippen molar-refractivity contribution < 1.29 is 0 Å². The van der Waals surface area contributed by atoms with Gasteiger partial charge in [0.15, 0.2) is 5.16 Å². The predicted octanol–water partition coefficient (Wildman–Crippen LogP) is 4.53. The number of nitrogens with two attached hydrogens (primary N) is 1. The number of aryl methyl sites for hydroxylation is 1. The second-order valence-corrected chi connectivity index (χ2v) is 7.99. The molecule has 0 unspecified atom stereocenters. The van der Waals surface area contributed by atoms with Crippen LogP contribution < -0.4 is 5.73 Å². The molecule has 1 aliphatic carbocycles. The Hall–Kier alpha value is -1.37. The van der Waals surface area contributed by atoms with Gasteiger partial charge in [0.1, 0.15) is 11.0 Å². The molecule has 0 aromatic carbocycles. The highest BCUT2D eigenvalue weighted by molar-refractivity contribution is 7.99. The van der Waals surface area contributed by atoms with Crippen LogP contribution in [-0.2, 0) is 6.42 Å².